The van der Waals surface area contributed by atoms with E-state index in [1.165, 1.54) is 21.0 Å². The molecule has 1 aromatic carbocycles. The van der Waals surface area contributed by atoms with Gasteiger partial charge in [-0.2, -0.15) is 0 Å². The molecule has 0 fully saturated rings. The van der Waals surface area contributed by atoms with E-state index < -0.39 is 20.0 Å². The Morgan fingerprint density at radius 2 is 1.73 bits per heavy atom. The summed E-state index contributed by atoms with van der Waals surface area (Å²) < 4.78 is 25.4. The molecule has 1 heterocycles. The number of nitrogens with zero attached hydrogens (tertiary/aromatic N) is 3. The van der Waals surface area contributed by atoms with Gasteiger partial charge >= 0.3 is 0 Å². The van der Waals surface area contributed by atoms with Crippen molar-refractivity contribution >= 4 is 33.2 Å². The van der Waals surface area contributed by atoms with Crippen molar-refractivity contribution in [3.05, 3.63) is 35.9 Å². The van der Waals surface area contributed by atoms with Crippen molar-refractivity contribution in [2.75, 3.05) is 14.1 Å². The van der Waals surface area contributed by atoms with E-state index in [0.29, 0.717) is 5.56 Å². The van der Waals surface area contributed by atoms with Gasteiger partial charge in [-0.1, -0.05) is 41.9 Å². The highest BCUT2D eigenvalue weighted by molar-refractivity contribution is 7.91. The Bertz CT molecular complexity index is 719. The van der Waals surface area contributed by atoms with Crippen molar-refractivity contribution in [3.63, 3.8) is 0 Å². The third-order valence-electron chi connectivity index (χ3n) is 3.52. The number of benzene rings is 1. The van der Waals surface area contributed by atoms with Crippen LogP contribution in [0.25, 0.3) is 0 Å². The molecule has 0 saturated carbocycles. The maximum atomic E-state index is 13.0. The van der Waals surface area contributed by atoms with Crippen molar-refractivity contribution in [3.8, 4) is 0 Å². The molecule has 0 radical (unpaired) electrons. The van der Waals surface area contributed by atoms with Crippen molar-refractivity contribution < 1.29 is 8.42 Å². The maximum absolute atomic E-state index is 13.0. The number of alkyl halides is 1. The second kappa shape index (κ2) is 5.31. The van der Waals surface area contributed by atoms with E-state index >= 15 is 0 Å². The Morgan fingerprint density at radius 3 is 2.18 bits per heavy atom. The summed E-state index contributed by atoms with van der Waals surface area (Å²) in [6.45, 7) is 1.53. The van der Waals surface area contributed by atoms with Crippen LogP contribution >= 0.6 is 11.6 Å². The van der Waals surface area contributed by atoms with Gasteiger partial charge in [0.2, 0.25) is 14.8 Å². The highest BCUT2D eigenvalue weighted by atomic mass is 35.5. The van der Waals surface area contributed by atoms with E-state index in [-0.39, 0.29) is 11.5 Å². The van der Waals surface area contributed by atoms with Crippen LogP contribution in [0.2, 0.25) is 0 Å². The summed E-state index contributed by atoms with van der Waals surface area (Å²) in [6.07, 6.45) is 0. The molecule has 0 spiro atoms. The lowest BCUT2D eigenvalue weighted by molar-refractivity contribution is 0.505. The fraction of sp³-hybridized carbons (Fsp3) is 0.385. The van der Waals surface area contributed by atoms with Crippen molar-refractivity contribution in [2.45, 2.75) is 16.9 Å². The van der Waals surface area contributed by atoms with Gasteiger partial charge in [-0.05, 0) is 12.5 Å². The highest BCUT2D eigenvalue weighted by Crippen LogP contribution is 2.38. The summed E-state index contributed by atoms with van der Waals surface area (Å²) in [5.41, 5.74) is 12.3. The van der Waals surface area contributed by atoms with Crippen LogP contribution in [0.15, 0.2) is 40.3 Å². The Balaban J connectivity index is 2.89. The lowest BCUT2D eigenvalue weighted by Gasteiger charge is -2.39. The molecule has 0 aromatic heterocycles. The van der Waals surface area contributed by atoms with Gasteiger partial charge in [0.05, 0.1) is 0 Å². The summed E-state index contributed by atoms with van der Waals surface area (Å²) in [6, 6.07) is 8.51. The minimum Gasteiger partial charge on any atom is -0.385 e. The van der Waals surface area contributed by atoms with E-state index in [9.17, 15) is 8.42 Å². The smallest absolute Gasteiger partial charge is 0.284 e. The molecular formula is C13H18ClN5O2S. The number of nitrogens with two attached hydrogens (primary N) is 2. The number of halogens is 1. The largest absolute Gasteiger partial charge is 0.385 e. The van der Waals surface area contributed by atoms with Gasteiger partial charge in [-0.25, -0.2) is 22.7 Å². The normalized spacial score (nSPS) is 29.2. The molecule has 1 aliphatic heterocycles. The first-order chi connectivity index (χ1) is 10.1. The molecule has 1 aromatic rings. The van der Waals surface area contributed by atoms with Crippen molar-refractivity contribution in [1.82, 2.24) is 4.31 Å². The van der Waals surface area contributed by atoms with Gasteiger partial charge in [0, 0.05) is 19.8 Å². The molecule has 0 aliphatic carbocycles. The minimum absolute atomic E-state index is 0.164. The first kappa shape index (κ1) is 16.9. The molecule has 22 heavy (non-hydrogen) atoms. The Labute approximate surface area is 134 Å². The van der Waals surface area contributed by atoms with Gasteiger partial charge in [0.1, 0.15) is 5.84 Å². The SMILES string of the molecule is CC1=NC(N)(Cl)N=C(N)C1(c1ccccc1)S(=O)(=O)N(C)C. The summed E-state index contributed by atoms with van der Waals surface area (Å²) >= 11 is 5.92. The molecule has 0 amide bonds. The van der Waals surface area contributed by atoms with Crippen LogP contribution in [-0.2, 0) is 14.8 Å². The third-order valence-corrected chi connectivity index (χ3v) is 6.16. The standard InChI is InChI=1S/C13H18ClN5O2S/c1-9-12(22(20,21)19(2)3,10-7-5-4-6-8-10)11(15)18-13(14,16)17-9/h4-8H,16H2,1-3H3,(H2,15,18). The summed E-state index contributed by atoms with van der Waals surface area (Å²) in [7, 11) is -1.09. The molecule has 9 heteroatoms. The molecule has 2 atom stereocenters. The van der Waals surface area contributed by atoms with Crippen LogP contribution in [0.4, 0.5) is 0 Å². The second-order valence-corrected chi connectivity index (χ2v) is 8.01. The van der Waals surface area contributed by atoms with E-state index in [1.807, 2.05) is 0 Å². The zero-order valence-corrected chi connectivity index (χ0v) is 14.1. The van der Waals surface area contributed by atoms with Crippen LogP contribution in [0.1, 0.15) is 12.5 Å². The average molecular weight is 344 g/mol. The van der Waals surface area contributed by atoms with Gasteiger partial charge < -0.3 is 5.73 Å². The van der Waals surface area contributed by atoms with E-state index in [4.69, 9.17) is 23.1 Å². The molecule has 7 nitrogen and oxygen atoms in total. The summed E-state index contributed by atoms with van der Waals surface area (Å²) in [5.74, 6) is -0.211. The van der Waals surface area contributed by atoms with Gasteiger partial charge in [-0.15, -0.1) is 0 Å². The fourth-order valence-corrected chi connectivity index (χ4v) is 4.47. The third kappa shape index (κ3) is 2.32. The van der Waals surface area contributed by atoms with Crippen LogP contribution in [0, 0.1) is 0 Å². The lowest BCUT2D eigenvalue weighted by Crippen LogP contribution is -2.60. The second-order valence-electron chi connectivity index (χ2n) is 5.17. The first-order valence-electron chi connectivity index (χ1n) is 6.44. The molecule has 0 saturated heterocycles. The van der Waals surface area contributed by atoms with E-state index in [0.717, 1.165) is 4.31 Å². The molecular weight excluding hydrogens is 326 g/mol. The number of hydrogen-bond donors (Lipinski definition) is 2. The summed E-state index contributed by atoms with van der Waals surface area (Å²) in [5, 5.41) is -1.80. The van der Waals surface area contributed by atoms with Gasteiger partial charge in [0.15, 0.2) is 0 Å². The zero-order valence-electron chi connectivity index (χ0n) is 12.5. The zero-order chi connectivity index (χ0) is 16.8. The number of amidine groups is 1. The predicted octanol–water partition coefficient (Wildman–Crippen LogP) is 0.414. The molecule has 1 aliphatic rings. The number of hydrogen-bond acceptors (Lipinski definition) is 6. The topological polar surface area (TPSA) is 114 Å². The van der Waals surface area contributed by atoms with Crippen molar-refractivity contribution in [1.29, 1.82) is 0 Å². The molecule has 120 valence electrons. The fourth-order valence-electron chi connectivity index (χ4n) is 2.54. The molecule has 4 N–H and O–H groups in total. The van der Waals surface area contributed by atoms with Gasteiger partial charge in [0.25, 0.3) is 5.25 Å². The van der Waals surface area contributed by atoms with Crippen LogP contribution in [0.5, 0.6) is 0 Å². The lowest BCUT2D eigenvalue weighted by atomic mass is 9.91. The average Bonchev–Trinajstić information content (AvgIpc) is 2.37. The Hall–Kier alpha value is -1.48. The summed E-state index contributed by atoms with van der Waals surface area (Å²) in [4.78, 5) is 7.92. The number of sulfonamides is 1. The van der Waals surface area contributed by atoms with Gasteiger partial charge in [-0.3, -0.25) is 5.73 Å². The molecule has 2 rings (SSSR count). The first-order valence-corrected chi connectivity index (χ1v) is 8.25. The van der Waals surface area contributed by atoms with Crippen LogP contribution in [0.3, 0.4) is 0 Å². The van der Waals surface area contributed by atoms with Crippen molar-refractivity contribution in [2.24, 2.45) is 21.5 Å². The van der Waals surface area contributed by atoms with Crippen LogP contribution < -0.4 is 11.5 Å². The Morgan fingerprint density at radius 1 is 1.18 bits per heavy atom. The highest BCUT2D eigenvalue weighted by Gasteiger charge is 2.56. The van der Waals surface area contributed by atoms with E-state index in [1.54, 1.807) is 30.3 Å². The maximum Gasteiger partial charge on any atom is 0.284 e. The van der Waals surface area contributed by atoms with Crippen LogP contribution in [-0.4, -0.2) is 43.6 Å². The van der Waals surface area contributed by atoms with E-state index in [2.05, 4.69) is 9.98 Å². The number of rotatable bonds is 3. The Kier molecular flexibility index (Phi) is 4.07. The quantitative estimate of drug-likeness (QED) is 0.611. The number of aliphatic imine (C=N–C) groups is 2. The molecule has 0 bridgehead atoms. The monoisotopic (exact) mass is 343 g/mol. The minimum atomic E-state index is -3.93. The molecule has 2 unspecified atom stereocenters. The predicted molar refractivity (Wildman–Crippen MR) is 88.2 cm³/mol.